The summed E-state index contributed by atoms with van der Waals surface area (Å²) in [6.07, 6.45) is -0.289. The Morgan fingerprint density at radius 2 is 1.74 bits per heavy atom. The number of aryl methyl sites for hydroxylation is 2. The topological polar surface area (TPSA) is 55.8 Å². The van der Waals surface area contributed by atoms with Crippen molar-refractivity contribution >= 4 is 17.6 Å². The summed E-state index contributed by atoms with van der Waals surface area (Å²) in [6.45, 7) is 3.93. The van der Waals surface area contributed by atoms with E-state index >= 15 is 0 Å². The molecule has 0 radical (unpaired) electrons. The van der Waals surface area contributed by atoms with Gasteiger partial charge in [-0.05, 0) is 37.1 Å². The second-order valence-corrected chi connectivity index (χ2v) is 4.31. The SMILES string of the molecule is COC(=O)CC(=O)N(C)c1cc(C)c(C)cc1OC. The summed E-state index contributed by atoms with van der Waals surface area (Å²) in [4.78, 5) is 24.5. The van der Waals surface area contributed by atoms with Gasteiger partial charge >= 0.3 is 5.97 Å². The smallest absolute Gasteiger partial charge is 0.315 e. The third-order valence-corrected chi connectivity index (χ3v) is 3.05. The third-order valence-electron chi connectivity index (χ3n) is 3.05. The van der Waals surface area contributed by atoms with Crippen molar-refractivity contribution in [1.82, 2.24) is 0 Å². The van der Waals surface area contributed by atoms with Gasteiger partial charge in [-0.25, -0.2) is 0 Å². The van der Waals surface area contributed by atoms with Gasteiger partial charge in [-0.2, -0.15) is 0 Å². The molecule has 104 valence electrons. The van der Waals surface area contributed by atoms with Crippen molar-refractivity contribution in [3.63, 3.8) is 0 Å². The number of rotatable bonds is 4. The molecule has 5 nitrogen and oxygen atoms in total. The Labute approximate surface area is 113 Å². The lowest BCUT2D eigenvalue weighted by molar-refractivity contribution is -0.143. The first-order chi connectivity index (χ1) is 8.90. The monoisotopic (exact) mass is 265 g/mol. The number of carbonyl (C=O) groups is 2. The van der Waals surface area contributed by atoms with E-state index in [1.165, 1.54) is 12.0 Å². The molecule has 0 spiro atoms. The minimum absolute atomic E-state index is 0.289. The van der Waals surface area contributed by atoms with Gasteiger partial charge in [0.2, 0.25) is 5.91 Å². The van der Waals surface area contributed by atoms with Gasteiger partial charge in [0.05, 0.1) is 19.9 Å². The Morgan fingerprint density at radius 3 is 2.26 bits per heavy atom. The van der Waals surface area contributed by atoms with Gasteiger partial charge in [-0.3, -0.25) is 9.59 Å². The van der Waals surface area contributed by atoms with Crippen LogP contribution in [0.25, 0.3) is 0 Å². The zero-order chi connectivity index (χ0) is 14.6. The fourth-order valence-electron chi connectivity index (χ4n) is 1.65. The van der Waals surface area contributed by atoms with Crippen molar-refractivity contribution in [2.45, 2.75) is 20.3 Å². The van der Waals surface area contributed by atoms with E-state index in [4.69, 9.17) is 4.74 Å². The van der Waals surface area contributed by atoms with E-state index in [1.807, 2.05) is 26.0 Å². The summed E-state index contributed by atoms with van der Waals surface area (Å²) >= 11 is 0. The van der Waals surface area contributed by atoms with Gasteiger partial charge in [0.15, 0.2) is 0 Å². The lowest BCUT2D eigenvalue weighted by Gasteiger charge is -2.21. The molecule has 0 bridgehead atoms. The number of ether oxygens (including phenoxy) is 2. The zero-order valence-electron chi connectivity index (χ0n) is 11.9. The molecule has 0 aliphatic carbocycles. The minimum Gasteiger partial charge on any atom is -0.495 e. The quantitative estimate of drug-likeness (QED) is 0.615. The first-order valence-electron chi connectivity index (χ1n) is 5.89. The summed E-state index contributed by atoms with van der Waals surface area (Å²) in [5.41, 5.74) is 2.77. The van der Waals surface area contributed by atoms with Crippen LogP contribution in [0.4, 0.5) is 5.69 Å². The average molecular weight is 265 g/mol. The highest BCUT2D eigenvalue weighted by molar-refractivity contribution is 6.03. The van der Waals surface area contributed by atoms with Crippen LogP contribution in [0.15, 0.2) is 12.1 Å². The first-order valence-corrected chi connectivity index (χ1v) is 5.89. The molecular weight excluding hydrogens is 246 g/mol. The largest absolute Gasteiger partial charge is 0.495 e. The van der Waals surface area contributed by atoms with Crippen LogP contribution in [-0.2, 0) is 14.3 Å². The van der Waals surface area contributed by atoms with Crippen LogP contribution in [0.2, 0.25) is 0 Å². The van der Waals surface area contributed by atoms with Crippen molar-refractivity contribution < 1.29 is 19.1 Å². The molecule has 0 N–H and O–H groups in total. The van der Waals surface area contributed by atoms with Crippen molar-refractivity contribution in [1.29, 1.82) is 0 Å². The van der Waals surface area contributed by atoms with Crippen LogP contribution in [-0.4, -0.2) is 33.1 Å². The summed E-state index contributed by atoms with van der Waals surface area (Å²) in [7, 11) is 4.41. The van der Waals surface area contributed by atoms with Crippen molar-refractivity contribution in [2.75, 3.05) is 26.2 Å². The minimum atomic E-state index is -0.556. The van der Waals surface area contributed by atoms with Crippen LogP contribution >= 0.6 is 0 Å². The number of hydrogen-bond acceptors (Lipinski definition) is 4. The van der Waals surface area contributed by atoms with Gasteiger partial charge in [-0.15, -0.1) is 0 Å². The highest BCUT2D eigenvalue weighted by Crippen LogP contribution is 2.31. The summed E-state index contributed by atoms with van der Waals surface area (Å²) < 4.78 is 9.76. The third kappa shape index (κ3) is 3.47. The fourth-order valence-corrected chi connectivity index (χ4v) is 1.65. The Balaban J connectivity index is 3.04. The molecule has 19 heavy (non-hydrogen) atoms. The molecule has 0 aromatic heterocycles. The van der Waals surface area contributed by atoms with Crippen molar-refractivity contribution in [2.24, 2.45) is 0 Å². The van der Waals surface area contributed by atoms with Gasteiger partial charge < -0.3 is 14.4 Å². The number of amides is 1. The van der Waals surface area contributed by atoms with E-state index in [1.54, 1.807) is 14.2 Å². The normalized spacial score (nSPS) is 9.95. The van der Waals surface area contributed by atoms with Gasteiger partial charge in [0.25, 0.3) is 0 Å². The highest BCUT2D eigenvalue weighted by Gasteiger charge is 2.19. The molecule has 0 saturated heterocycles. The number of methoxy groups -OCH3 is 2. The van der Waals surface area contributed by atoms with Crippen LogP contribution in [0.5, 0.6) is 5.75 Å². The van der Waals surface area contributed by atoms with Crippen molar-refractivity contribution in [3.8, 4) is 5.75 Å². The average Bonchev–Trinajstić information content (AvgIpc) is 2.40. The number of nitrogens with zero attached hydrogens (tertiary/aromatic N) is 1. The van der Waals surface area contributed by atoms with Crippen molar-refractivity contribution in [3.05, 3.63) is 23.3 Å². The maximum atomic E-state index is 11.9. The number of benzene rings is 1. The molecule has 1 amide bonds. The maximum Gasteiger partial charge on any atom is 0.315 e. The van der Waals surface area contributed by atoms with E-state index < -0.39 is 5.97 Å². The van der Waals surface area contributed by atoms with E-state index in [-0.39, 0.29) is 12.3 Å². The van der Waals surface area contributed by atoms with Gasteiger partial charge in [0, 0.05) is 7.05 Å². The Morgan fingerprint density at radius 1 is 1.16 bits per heavy atom. The second kappa shape index (κ2) is 6.22. The van der Waals surface area contributed by atoms with Crippen LogP contribution in [0.3, 0.4) is 0 Å². The molecule has 1 aromatic rings. The summed E-state index contributed by atoms with van der Waals surface area (Å²) in [5.74, 6) is -0.295. The predicted octanol–water partition coefficient (Wildman–Crippen LogP) is 1.84. The Kier molecular flexibility index (Phi) is 4.92. The molecule has 1 rings (SSSR count). The number of hydrogen-bond donors (Lipinski definition) is 0. The lowest BCUT2D eigenvalue weighted by Crippen LogP contribution is -2.29. The molecule has 0 fully saturated rings. The van der Waals surface area contributed by atoms with E-state index in [0.717, 1.165) is 11.1 Å². The molecule has 0 aliphatic rings. The lowest BCUT2D eigenvalue weighted by atomic mass is 10.1. The zero-order valence-corrected chi connectivity index (χ0v) is 11.9. The molecule has 0 heterocycles. The number of carbonyl (C=O) groups excluding carboxylic acids is 2. The summed E-state index contributed by atoms with van der Waals surface area (Å²) in [6, 6.07) is 3.73. The highest BCUT2D eigenvalue weighted by atomic mass is 16.5. The van der Waals surface area contributed by atoms with E-state index in [0.29, 0.717) is 11.4 Å². The van der Waals surface area contributed by atoms with E-state index in [9.17, 15) is 9.59 Å². The molecule has 0 saturated carbocycles. The number of esters is 1. The fraction of sp³-hybridized carbons (Fsp3) is 0.429. The molecular formula is C14H19NO4. The Hall–Kier alpha value is -2.04. The number of anilines is 1. The maximum absolute atomic E-state index is 11.9. The summed E-state index contributed by atoms with van der Waals surface area (Å²) in [5, 5.41) is 0. The second-order valence-electron chi connectivity index (χ2n) is 4.31. The Bertz CT molecular complexity index is 496. The molecule has 1 aromatic carbocycles. The van der Waals surface area contributed by atoms with E-state index in [2.05, 4.69) is 4.74 Å². The van der Waals surface area contributed by atoms with Crippen LogP contribution < -0.4 is 9.64 Å². The predicted molar refractivity (Wildman–Crippen MR) is 72.5 cm³/mol. The van der Waals surface area contributed by atoms with Gasteiger partial charge in [-0.1, -0.05) is 0 Å². The molecule has 0 unspecified atom stereocenters. The molecule has 0 aliphatic heterocycles. The first kappa shape index (κ1) is 15.0. The molecule has 0 atom stereocenters. The van der Waals surface area contributed by atoms with Gasteiger partial charge in [0.1, 0.15) is 12.2 Å². The standard InChI is InChI=1S/C14H19NO4/c1-9-6-11(12(18-4)7-10(9)2)15(3)13(16)8-14(17)19-5/h6-7H,8H2,1-5H3. The van der Waals surface area contributed by atoms with Crippen LogP contribution in [0.1, 0.15) is 17.5 Å². The molecule has 5 heteroatoms. The van der Waals surface area contributed by atoms with Crippen LogP contribution in [0, 0.1) is 13.8 Å².